The number of benzene rings is 1. The van der Waals surface area contributed by atoms with E-state index in [1.807, 2.05) is 18.2 Å². The number of nitrogens with zero attached hydrogens (tertiary/aromatic N) is 1. The van der Waals surface area contributed by atoms with Gasteiger partial charge in [0, 0.05) is 6.54 Å². The number of hydrogen-bond donors (Lipinski definition) is 5. The van der Waals surface area contributed by atoms with Gasteiger partial charge in [0.25, 0.3) is 0 Å². The molecule has 3 rings (SSSR count). The highest BCUT2D eigenvalue weighted by atomic mass is 32.2. The summed E-state index contributed by atoms with van der Waals surface area (Å²) in [5, 5.41) is 44.6. The van der Waals surface area contributed by atoms with Gasteiger partial charge in [0.2, 0.25) is 5.91 Å². The van der Waals surface area contributed by atoms with Crippen LogP contribution in [0.5, 0.6) is 0 Å². The summed E-state index contributed by atoms with van der Waals surface area (Å²) in [5.74, 6) is -0.327. The first-order valence-corrected chi connectivity index (χ1v) is 14.9. The molecule has 1 aromatic rings. The molecule has 9 atom stereocenters. The molecule has 2 saturated heterocycles. The van der Waals surface area contributed by atoms with Crippen molar-refractivity contribution in [3.63, 3.8) is 0 Å². The maximum absolute atomic E-state index is 13.7. The van der Waals surface area contributed by atoms with E-state index in [1.54, 1.807) is 27.0 Å². The van der Waals surface area contributed by atoms with Crippen LogP contribution in [0.15, 0.2) is 30.3 Å². The summed E-state index contributed by atoms with van der Waals surface area (Å²) < 4.78 is 11.4. The van der Waals surface area contributed by atoms with E-state index in [4.69, 9.17) is 9.47 Å². The number of aliphatic hydroxyl groups excluding tert-OH is 4. The minimum absolute atomic E-state index is 0.180. The predicted octanol–water partition coefficient (Wildman–Crippen LogP) is 1.67. The fraction of sp³-hybridized carbons (Fsp3) is 0.714. The fourth-order valence-electron chi connectivity index (χ4n) is 5.21. The minimum atomic E-state index is -1.55. The molecule has 10 nitrogen and oxygen atoms in total. The molecule has 2 heterocycles. The molecule has 0 aromatic heterocycles. The van der Waals surface area contributed by atoms with E-state index in [2.05, 4.69) is 17.4 Å². The van der Waals surface area contributed by atoms with Crippen molar-refractivity contribution in [3.05, 3.63) is 35.9 Å². The quantitative estimate of drug-likeness (QED) is 0.316. The molecule has 2 fully saturated rings. The van der Waals surface area contributed by atoms with Gasteiger partial charge in [-0.15, -0.1) is 11.8 Å². The molecule has 220 valence electrons. The normalized spacial score (nSPS) is 31.3. The van der Waals surface area contributed by atoms with E-state index < -0.39 is 65.6 Å². The number of aryl methyl sites for hydroxylation is 1. The van der Waals surface area contributed by atoms with Gasteiger partial charge < -0.3 is 35.2 Å². The van der Waals surface area contributed by atoms with Crippen molar-refractivity contribution in [3.8, 4) is 0 Å². The smallest absolute Gasteiger partial charge is 0.410 e. The Hall–Kier alpha value is -1.89. The first kappa shape index (κ1) is 31.6. The minimum Gasteiger partial charge on any atom is -0.444 e. The van der Waals surface area contributed by atoms with Crippen molar-refractivity contribution in [2.24, 2.45) is 5.92 Å². The van der Waals surface area contributed by atoms with E-state index in [1.165, 1.54) is 17.4 Å². The molecule has 5 N–H and O–H groups in total. The van der Waals surface area contributed by atoms with Crippen LogP contribution in [0.25, 0.3) is 0 Å². The van der Waals surface area contributed by atoms with E-state index in [9.17, 15) is 30.0 Å². The zero-order valence-electron chi connectivity index (χ0n) is 23.4. The van der Waals surface area contributed by atoms with Crippen LogP contribution in [-0.4, -0.2) is 104 Å². The first-order chi connectivity index (χ1) is 18.3. The standard InChI is InChI=1S/C28H44N2O8S/c1-16(31)20(24-22(33)21(32)23(34)26(37-24)39-5)29-25(35)19-15-18(12-11-17-9-7-6-8-10-17)13-14-30(19)27(36)38-28(2,3)4/h6-10,16,18-24,26,31-34H,11-15H2,1-5H3,(H,29,35)/t16-,18?,19?,20+,21-,22+,23+,24+,26+/m0/s1. The number of piperidine rings is 1. The largest absolute Gasteiger partial charge is 0.444 e. The van der Waals surface area contributed by atoms with Crippen molar-refractivity contribution in [2.75, 3.05) is 12.8 Å². The molecular formula is C28H44N2O8S. The second-order valence-corrected chi connectivity index (χ2v) is 12.5. The Labute approximate surface area is 235 Å². The molecular weight excluding hydrogens is 524 g/mol. The summed E-state index contributed by atoms with van der Waals surface area (Å²) in [7, 11) is 0. The van der Waals surface area contributed by atoms with Gasteiger partial charge in [-0.05, 0) is 71.1 Å². The first-order valence-electron chi connectivity index (χ1n) is 13.6. The van der Waals surface area contributed by atoms with Crippen molar-refractivity contribution in [2.45, 2.75) is 107 Å². The lowest BCUT2D eigenvalue weighted by Crippen LogP contribution is -2.66. The van der Waals surface area contributed by atoms with E-state index in [-0.39, 0.29) is 5.92 Å². The number of ether oxygens (including phenoxy) is 2. The van der Waals surface area contributed by atoms with Crippen LogP contribution < -0.4 is 5.32 Å². The number of likely N-dealkylation sites (tertiary alicyclic amines) is 1. The number of aliphatic hydroxyl groups is 4. The van der Waals surface area contributed by atoms with Crippen LogP contribution in [0.1, 0.15) is 52.5 Å². The molecule has 11 heteroatoms. The summed E-state index contributed by atoms with van der Waals surface area (Å²) >= 11 is 1.15. The molecule has 0 bridgehead atoms. The topological polar surface area (TPSA) is 149 Å². The predicted molar refractivity (Wildman–Crippen MR) is 148 cm³/mol. The average molecular weight is 569 g/mol. The average Bonchev–Trinajstić information content (AvgIpc) is 2.89. The fourth-order valence-corrected chi connectivity index (χ4v) is 5.89. The van der Waals surface area contributed by atoms with Crippen LogP contribution in [0, 0.1) is 5.92 Å². The van der Waals surface area contributed by atoms with Crippen LogP contribution in [0.3, 0.4) is 0 Å². The summed E-state index contributed by atoms with van der Waals surface area (Å²) in [6.07, 6.45) is -2.82. The third-order valence-corrected chi connectivity index (χ3v) is 8.20. The van der Waals surface area contributed by atoms with Crippen LogP contribution in [0.2, 0.25) is 0 Å². The van der Waals surface area contributed by atoms with Crippen molar-refractivity contribution in [1.82, 2.24) is 10.2 Å². The third kappa shape index (κ3) is 8.31. The van der Waals surface area contributed by atoms with Gasteiger partial charge in [-0.3, -0.25) is 9.69 Å². The molecule has 0 saturated carbocycles. The van der Waals surface area contributed by atoms with E-state index in [0.717, 1.165) is 31.0 Å². The lowest BCUT2D eigenvalue weighted by molar-refractivity contribution is -0.211. The van der Waals surface area contributed by atoms with Crippen molar-refractivity contribution in [1.29, 1.82) is 0 Å². The number of nitrogens with one attached hydrogen (secondary N) is 1. The number of thioether (sulfide) groups is 1. The van der Waals surface area contributed by atoms with Gasteiger partial charge in [0.15, 0.2) is 0 Å². The van der Waals surface area contributed by atoms with E-state index in [0.29, 0.717) is 13.0 Å². The second kappa shape index (κ2) is 13.6. The monoisotopic (exact) mass is 568 g/mol. The Morgan fingerprint density at radius 1 is 1.15 bits per heavy atom. The van der Waals surface area contributed by atoms with Crippen molar-refractivity contribution >= 4 is 23.8 Å². The van der Waals surface area contributed by atoms with Gasteiger partial charge in [-0.2, -0.15) is 0 Å². The number of hydrogen-bond acceptors (Lipinski definition) is 9. The summed E-state index contributed by atoms with van der Waals surface area (Å²) in [4.78, 5) is 28.3. The Bertz CT molecular complexity index is 941. The zero-order chi connectivity index (χ0) is 28.9. The Balaban J connectivity index is 1.79. The zero-order valence-corrected chi connectivity index (χ0v) is 24.2. The SMILES string of the molecule is CS[C@H]1O[C@H]([C@H](NC(=O)C2CC(CCc3ccccc3)CCN2C(=O)OC(C)(C)C)[C@H](C)O)[C@H](O)[C@H](O)[C@H]1O. The Kier molecular flexibility index (Phi) is 11.1. The highest BCUT2D eigenvalue weighted by molar-refractivity contribution is 7.99. The van der Waals surface area contributed by atoms with Gasteiger partial charge in [0.05, 0.1) is 12.1 Å². The molecule has 2 aliphatic heterocycles. The van der Waals surface area contributed by atoms with Gasteiger partial charge in [-0.1, -0.05) is 30.3 Å². The Morgan fingerprint density at radius 3 is 2.41 bits per heavy atom. The maximum Gasteiger partial charge on any atom is 0.410 e. The van der Waals surface area contributed by atoms with Gasteiger partial charge in [-0.25, -0.2) is 4.79 Å². The lowest BCUT2D eigenvalue weighted by Gasteiger charge is -2.45. The Morgan fingerprint density at radius 2 is 1.82 bits per heavy atom. The highest BCUT2D eigenvalue weighted by Crippen LogP contribution is 2.31. The molecule has 39 heavy (non-hydrogen) atoms. The number of carbonyl (C=O) groups is 2. The summed E-state index contributed by atoms with van der Waals surface area (Å²) in [6.45, 7) is 7.08. The number of carbonyl (C=O) groups excluding carboxylic acids is 2. The third-order valence-electron chi connectivity index (χ3n) is 7.35. The maximum atomic E-state index is 13.7. The molecule has 0 spiro atoms. The van der Waals surface area contributed by atoms with Crippen LogP contribution in [-0.2, 0) is 20.7 Å². The molecule has 2 amide bonds. The van der Waals surface area contributed by atoms with Crippen molar-refractivity contribution < 1.29 is 39.5 Å². The van der Waals surface area contributed by atoms with Gasteiger partial charge >= 0.3 is 6.09 Å². The summed E-state index contributed by atoms with van der Waals surface area (Å²) in [5.41, 5.74) is -0.398. The van der Waals surface area contributed by atoms with Crippen LogP contribution >= 0.6 is 11.8 Å². The number of amides is 2. The molecule has 2 aliphatic rings. The lowest BCUT2D eigenvalue weighted by atomic mass is 9.85. The molecule has 1 aromatic carbocycles. The highest BCUT2D eigenvalue weighted by Gasteiger charge is 2.49. The molecule has 0 radical (unpaired) electrons. The van der Waals surface area contributed by atoms with Gasteiger partial charge in [0.1, 0.15) is 41.5 Å². The van der Waals surface area contributed by atoms with E-state index >= 15 is 0 Å². The molecule has 2 unspecified atom stereocenters. The second-order valence-electron chi connectivity index (χ2n) is 11.6. The number of rotatable bonds is 8. The molecule has 0 aliphatic carbocycles. The summed E-state index contributed by atoms with van der Waals surface area (Å²) in [6, 6.07) is 8.12. The van der Waals surface area contributed by atoms with Crippen LogP contribution in [0.4, 0.5) is 4.79 Å².